The monoisotopic (exact) mass is 392 g/mol. The van der Waals surface area contributed by atoms with Gasteiger partial charge in [0.1, 0.15) is 0 Å². The molecular weight excluding hydrogens is 368 g/mol. The zero-order valence-electron chi connectivity index (χ0n) is 15.7. The summed E-state index contributed by atoms with van der Waals surface area (Å²) >= 11 is 1.39. The van der Waals surface area contributed by atoms with Crippen molar-refractivity contribution in [2.24, 2.45) is 5.92 Å². The van der Waals surface area contributed by atoms with Gasteiger partial charge in [0, 0.05) is 36.4 Å². The van der Waals surface area contributed by atoms with Gasteiger partial charge in [-0.25, -0.2) is 0 Å². The second kappa shape index (κ2) is 9.13. The number of hydrogen-bond acceptors (Lipinski definition) is 3. The minimum atomic E-state index is -0.0144. The Labute approximate surface area is 170 Å². The topological polar surface area (TPSA) is 43.3 Å². The van der Waals surface area contributed by atoms with Crippen molar-refractivity contribution in [3.8, 4) is 0 Å². The van der Waals surface area contributed by atoms with E-state index < -0.39 is 0 Å². The molecule has 2 atom stereocenters. The molecule has 0 spiro atoms. The van der Waals surface area contributed by atoms with Crippen LogP contribution in [0.5, 0.6) is 0 Å². The van der Waals surface area contributed by atoms with Crippen molar-refractivity contribution in [2.75, 3.05) is 6.61 Å². The second-order valence-electron chi connectivity index (χ2n) is 7.06. The van der Waals surface area contributed by atoms with Crippen LogP contribution in [0.1, 0.15) is 30.1 Å². The predicted octanol–water partition coefficient (Wildman–Crippen LogP) is 4.83. The number of amides is 1. The van der Waals surface area contributed by atoms with Gasteiger partial charge in [0.2, 0.25) is 5.91 Å². The van der Waals surface area contributed by atoms with Crippen LogP contribution in [0.4, 0.5) is 0 Å². The molecule has 2 heterocycles. The third-order valence-corrected chi connectivity index (χ3v) is 5.86. The summed E-state index contributed by atoms with van der Waals surface area (Å²) in [6.45, 7) is 1.48. The van der Waals surface area contributed by atoms with Crippen LogP contribution in [0.3, 0.4) is 0 Å². The first-order chi connectivity index (χ1) is 13.8. The van der Waals surface area contributed by atoms with Crippen molar-refractivity contribution in [1.82, 2.24) is 9.29 Å². The lowest BCUT2D eigenvalue weighted by Crippen LogP contribution is -2.32. The lowest BCUT2D eigenvalue weighted by Gasteiger charge is -2.29. The van der Waals surface area contributed by atoms with E-state index in [1.807, 2.05) is 30.3 Å². The van der Waals surface area contributed by atoms with E-state index in [0.29, 0.717) is 6.61 Å². The summed E-state index contributed by atoms with van der Waals surface area (Å²) < 4.78 is 11.0. The molecule has 1 aromatic heterocycles. The number of aromatic nitrogens is 1. The summed E-state index contributed by atoms with van der Waals surface area (Å²) in [6, 6.07) is 22.5. The molecule has 144 valence electrons. The molecule has 1 fully saturated rings. The highest BCUT2D eigenvalue weighted by Crippen LogP contribution is 2.32. The minimum Gasteiger partial charge on any atom is -0.373 e. The van der Waals surface area contributed by atoms with Crippen LogP contribution in [-0.2, 0) is 16.1 Å². The van der Waals surface area contributed by atoms with E-state index in [9.17, 15) is 4.79 Å². The number of nitrogens with one attached hydrogen (secondary N) is 1. The van der Waals surface area contributed by atoms with Crippen molar-refractivity contribution in [1.29, 1.82) is 0 Å². The molecule has 28 heavy (non-hydrogen) atoms. The molecule has 2 unspecified atom stereocenters. The smallest absolute Gasteiger partial charge is 0.233 e. The molecule has 1 saturated heterocycles. The van der Waals surface area contributed by atoms with Crippen molar-refractivity contribution in [2.45, 2.75) is 30.4 Å². The van der Waals surface area contributed by atoms with Crippen LogP contribution < -0.4 is 4.72 Å². The molecule has 0 radical (unpaired) electrons. The molecule has 1 amide bonds. The molecule has 4 nitrogen and oxygen atoms in total. The standard InChI is InChI=1S/C23H24N2O2S/c26-23(20-12-15-27-22(16-20)19-6-2-1-3-7-19)24-28-21-10-8-18(9-11-21)17-25-13-4-5-14-25/h1-11,13-14,20,22H,12,15-17H2,(H,24,26). The number of benzene rings is 2. The van der Waals surface area contributed by atoms with Gasteiger partial charge in [-0.1, -0.05) is 42.5 Å². The van der Waals surface area contributed by atoms with Crippen LogP contribution in [0.15, 0.2) is 84.0 Å². The molecule has 3 aromatic rings. The maximum atomic E-state index is 12.6. The lowest BCUT2D eigenvalue weighted by molar-refractivity contribution is -0.128. The first-order valence-electron chi connectivity index (χ1n) is 9.61. The number of nitrogens with zero attached hydrogens (tertiary/aromatic N) is 1. The van der Waals surface area contributed by atoms with Crippen LogP contribution in [-0.4, -0.2) is 17.1 Å². The average molecular weight is 393 g/mol. The Morgan fingerprint density at radius 2 is 1.79 bits per heavy atom. The van der Waals surface area contributed by atoms with Gasteiger partial charge in [-0.05, 0) is 60.2 Å². The summed E-state index contributed by atoms with van der Waals surface area (Å²) in [5, 5.41) is 0. The van der Waals surface area contributed by atoms with E-state index in [1.165, 1.54) is 17.5 Å². The van der Waals surface area contributed by atoms with E-state index >= 15 is 0 Å². The van der Waals surface area contributed by atoms with Crippen molar-refractivity contribution >= 4 is 17.9 Å². The van der Waals surface area contributed by atoms with Gasteiger partial charge in [-0.15, -0.1) is 0 Å². The number of rotatable bonds is 6. The van der Waals surface area contributed by atoms with Crippen molar-refractivity contribution in [3.05, 3.63) is 90.3 Å². The average Bonchev–Trinajstić information content (AvgIpc) is 3.27. The molecule has 1 N–H and O–H groups in total. The minimum absolute atomic E-state index is 0.00340. The van der Waals surface area contributed by atoms with E-state index in [1.54, 1.807) is 0 Å². The summed E-state index contributed by atoms with van der Waals surface area (Å²) in [7, 11) is 0. The number of carbonyl (C=O) groups is 1. The molecule has 2 aromatic carbocycles. The van der Waals surface area contributed by atoms with Crippen LogP contribution >= 0.6 is 11.9 Å². The Morgan fingerprint density at radius 3 is 2.54 bits per heavy atom. The molecule has 5 heteroatoms. The fraction of sp³-hybridized carbons (Fsp3) is 0.261. The molecular formula is C23H24N2O2S. The first kappa shape index (κ1) is 18.8. The third-order valence-electron chi connectivity index (χ3n) is 5.05. The van der Waals surface area contributed by atoms with Gasteiger partial charge in [0.25, 0.3) is 0 Å². The van der Waals surface area contributed by atoms with Gasteiger partial charge in [-0.2, -0.15) is 0 Å². The van der Waals surface area contributed by atoms with Crippen LogP contribution in [0.25, 0.3) is 0 Å². The summed E-state index contributed by atoms with van der Waals surface area (Å²) in [5.41, 5.74) is 2.38. The molecule has 1 aliphatic heterocycles. The molecule has 1 aliphatic rings. The number of ether oxygens (including phenoxy) is 1. The summed E-state index contributed by atoms with van der Waals surface area (Å²) in [5.74, 6) is 0.0742. The van der Waals surface area contributed by atoms with Gasteiger partial charge in [0.05, 0.1) is 6.10 Å². The van der Waals surface area contributed by atoms with Gasteiger partial charge in [0.15, 0.2) is 0 Å². The van der Waals surface area contributed by atoms with Crippen molar-refractivity contribution in [3.63, 3.8) is 0 Å². The first-order valence-corrected chi connectivity index (χ1v) is 10.4. The Morgan fingerprint density at radius 1 is 1.04 bits per heavy atom. The highest BCUT2D eigenvalue weighted by Gasteiger charge is 2.28. The number of carbonyl (C=O) groups excluding carboxylic acids is 1. The van der Waals surface area contributed by atoms with Gasteiger partial charge in [-0.3, -0.25) is 9.52 Å². The van der Waals surface area contributed by atoms with Gasteiger partial charge >= 0.3 is 0 Å². The van der Waals surface area contributed by atoms with Crippen molar-refractivity contribution < 1.29 is 9.53 Å². The molecule has 0 saturated carbocycles. The van der Waals surface area contributed by atoms with Gasteiger partial charge < -0.3 is 9.30 Å². The number of hydrogen-bond donors (Lipinski definition) is 1. The zero-order valence-corrected chi connectivity index (χ0v) is 16.5. The Kier molecular flexibility index (Phi) is 6.14. The SMILES string of the molecule is O=C(NSc1ccc(Cn2cccc2)cc1)C1CCOC(c2ccccc2)C1. The van der Waals surface area contributed by atoms with Crippen LogP contribution in [0, 0.1) is 5.92 Å². The molecule has 0 bridgehead atoms. The summed E-state index contributed by atoms with van der Waals surface area (Å²) in [6.07, 6.45) is 5.61. The fourth-order valence-corrected chi connectivity index (χ4v) is 4.13. The second-order valence-corrected chi connectivity index (χ2v) is 7.94. The molecule has 4 rings (SSSR count). The van der Waals surface area contributed by atoms with E-state index in [4.69, 9.17) is 4.74 Å². The Balaban J connectivity index is 1.29. The predicted molar refractivity (Wildman–Crippen MR) is 112 cm³/mol. The van der Waals surface area contributed by atoms with Crippen LogP contribution in [0.2, 0.25) is 0 Å². The third kappa shape index (κ3) is 4.86. The van der Waals surface area contributed by atoms with E-state index in [2.05, 4.69) is 58.1 Å². The Hall–Kier alpha value is -2.50. The highest BCUT2D eigenvalue weighted by atomic mass is 32.2. The largest absolute Gasteiger partial charge is 0.373 e. The maximum absolute atomic E-state index is 12.6. The van der Waals surface area contributed by atoms with E-state index in [0.717, 1.165) is 29.8 Å². The molecule has 0 aliphatic carbocycles. The summed E-state index contributed by atoms with van der Waals surface area (Å²) in [4.78, 5) is 13.7. The lowest BCUT2D eigenvalue weighted by atomic mass is 9.91. The maximum Gasteiger partial charge on any atom is 0.233 e. The Bertz CT molecular complexity index is 879. The zero-order chi connectivity index (χ0) is 19.2. The fourth-order valence-electron chi connectivity index (χ4n) is 3.48. The van der Waals surface area contributed by atoms with E-state index in [-0.39, 0.29) is 17.9 Å². The normalized spacial score (nSPS) is 19.3. The highest BCUT2D eigenvalue weighted by molar-refractivity contribution is 7.98. The quantitative estimate of drug-likeness (QED) is 0.611.